The first-order chi connectivity index (χ1) is 9.69. The number of ether oxygens (including phenoxy) is 2. The minimum atomic E-state index is -0.455. The van der Waals surface area contributed by atoms with Crippen molar-refractivity contribution in [3.8, 4) is 11.5 Å². The Morgan fingerprint density at radius 3 is 2.00 bits per heavy atom. The van der Waals surface area contributed by atoms with Crippen LogP contribution in [0.4, 0.5) is 0 Å². The van der Waals surface area contributed by atoms with Crippen LogP contribution in [0.1, 0.15) is 24.2 Å². The summed E-state index contributed by atoms with van der Waals surface area (Å²) in [5, 5.41) is 9.45. The van der Waals surface area contributed by atoms with E-state index >= 15 is 0 Å². The SMILES string of the molecule is COCCc1ccc(Oc2ccc([C@@H](C)O)cc2)cc1. The Morgan fingerprint density at radius 2 is 1.50 bits per heavy atom. The van der Waals surface area contributed by atoms with Gasteiger partial charge in [-0.25, -0.2) is 0 Å². The van der Waals surface area contributed by atoms with Gasteiger partial charge in [0.2, 0.25) is 0 Å². The first-order valence-electron chi connectivity index (χ1n) is 6.73. The van der Waals surface area contributed by atoms with E-state index in [4.69, 9.17) is 9.47 Å². The van der Waals surface area contributed by atoms with Crippen molar-refractivity contribution >= 4 is 0 Å². The fraction of sp³-hybridized carbons (Fsp3) is 0.294. The van der Waals surface area contributed by atoms with Gasteiger partial charge < -0.3 is 14.6 Å². The molecular weight excluding hydrogens is 252 g/mol. The summed E-state index contributed by atoms with van der Waals surface area (Å²) in [5.74, 6) is 1.56. The van der Waals surface area contributed by atoms with Crippen LogP contribution < -0.4 is 4.74 Å². The zero-order valence-corrected chi connectivity index (χ0v) is 11.9. The van der Waals surface area contributed by atoms with Gasteiger partial charge >= 0.3 is 0 Å². The molecule has 3 heteroatoms. The minimum absolute atomic E-state index is 0.455. The maximum absolute atomic E-state index is 9.45. The lowest BCUT2D eigenvalue weighted by Crippen LogP contribution is -1.94. The van der Waals surface area contributed by atoms with E-state index in [2.05, 4.69) is 0 Å². The second kappa shape index (κ2) is 7.08. The third-order valence-corrected chi connectivity index (χ3v) is 3.12. The van der Waals surface area contributed by atoms with Crippen molar-refractivity contribution < 1.29 is 14.6 Å². The van der Waals surface area contributed by atoms with E-state index < -0.39 is 6.10 Å². The van der Waals surface area contributed by atoms with Gasteiger partial charge in [-0.2, -0.15) is 0 Å². The smallest absolute Gasteiger partial charge is 0.127 e. The number of hydrogen-bond acceptors (Lipinski definition) is 3. The number of rotatable bonds is 6. The molecule has 0 heterocycles. The highest BCUT2D eigenvalue weighted by Gasteiger charge is 2.02. The van der Waals surface area contributed by atoms with E-state index in [1.165, 1.54) is 5.56 Å². The molecule has 0 aliphatic rings. The van der Waals surface area contributed by atoms with Crippen molar-refractivity contribution in [2.24, 2.45) is 0 Å². The maximum Gasteiger partial charge on any atom is 0.127 e. The van der Waals surface area contributed by atoms with E-state index in [9.17, 15) is 5.11 Å². The van der Waals surface area contributed by atoms with Gasteiger partial charge in [0.1, 0.15) is 11.5 Å². The lowest BCUT2D eigenvalue weighted by atomic mass is 10.1. The summed E-state index contributed by atoms with van der Waals surface area (Å²) in [6.07, 6.45) is 0.448. The number of benzene rings is 2. The summed E-state index contributed by atoms with van der Waals surface area (Å²) in [6.45, 7) is 2.47. The summed E-state index contributed by atoms with van der Waals surface area (Å²) in [7, 11) is 1.70. The minimum Gasteiger partial charge on any atom is -0.457 e. The topological polar surface area (TPSA) is 38.7 Å². The molecule has 0 fully saturated rings. The first kappa shape index (κ1) is 14.6. The molecule has 0 amide bonds. The number of aliphatic hydroxyl groups is 1. The van der Waals surface area contributed by atoms with Crippen LogP contribution in [-0.4, -0.2) is 18.8 Å². The Hall–Kier alpha value is -1.84. The van der Waals surface area contributed by atoms with Crippen molar-refractivity contribution in [3.05, 3.63) is 59.7 Å². The summed E-state index contributed by atoms with van der Waals surface area (Å²) in [5.41, 5.74) is 2.11. The van der Waals surface area contributed by atoms with Gasteiger partial charge in [0.15, 0.2) is 0 Å². The molecule has 2 aromatic rings. The predicted molar refractivity (Wildman–Crippen MR) is 79.2 cm³/mol. The molecule has 0 aromatic heterocycles. The molecule has 0 saturated heterocycles. The second-order valence-corrected chi connectivity index (χ2v) is 4.73. The largest absolute Gasteiger partial charge is 0.457 e. The molecule has 3 nitrogen and oxygen atoms in total. The van der Waals surface area contributed by atoms with E-state index in [1.807, 2.05) is 48.5 Å². The molecule has 1 N–H and O–H groups in total. The average molecular weight is 272 g/mol. The molecule has 2 rings (SSSR count). The van der Waals surface area contributed by atoms with E-state index in [1.54, 1.807) is 14.0 Å². The standard InChI is InChI=1S/C17H20O3/c1-13(18)15-5-9-17(10-6-15)20-16-7-3-14(4-8-16)11-12-19-2/h3-10,13,18H,11-12H2,1-2H3/t13-/m1/s1. The Labute approximate surface area is 119 Å². The average Bonchev–Trinajstić information content (AvgIpc) is 2.47. The zero-order valence-electron chi connectivity index (χ0n) is 11.9. The Morgan fingerprint density at radius 1 is 0.950 bits per heavy atom. The van der Waals surface area contributed by atoms with Gasteiger partial charge in [0.05, 0.1) is 12.7 Å². The molecule has 0 aliphatic carbocycles. The Balaban J connectivity index is 1.98. The van der Waals surface area contributed by atoms with Crippen LogP contribution in [0.2, 0.25) is 0 Å². The third kappa shape index (κ3) is 4.08. The maximum atomic E-state index is 9.45. The molecule has 0 unspecified atom stereocenters. The van der Waals surface area contributed by atoms with Gasteiger partial charge in [-0.1, -0.05) is 24.3 Å². The monoisotopic (exact) mass is 272 g/mol. The first-order valence-corrected chi connectivity index (χ1v) is 6.73. The fourth-order valence-electron chi connectivity index (χ4n) is 1.89. The zero-order chi connectivity index (χ0) is 14.4. The Kier molecular flexibility index (Phi) is 5.16. The third-order valence-electron chi connectivity index (χ3n) is 3.12. The summed E-state index contributed by atoms with van der Waals surface area (Å²) >= 11 is 0. The van der Waals surface area contributed by atoms with Crippen LogP contribution in [0.25, 0.3) is 0 Å². The normalized spacial score (nSPS) is 12.2. The van der Waals surface area contributed by atoms with E-state index in [0.717, 1.165) is 30.1 Å². The highest BCUT2D eigenvalue weighted by molar-refractivity contribution is 5.35. The van der Waals surface area contributed by atoms with Gasteiger partial charge in [0.25, 0.3) is 0 Å². The molecule has 2 aromatic carbocycles. The number of methoxy groups -OCH3 is 1. The van der Waals surface area contributed by atoms with Crippen LogP contribution in [0.15, 0.2) is 48.5 Å². The van der Waals surface area contributed by atoms with Crippen molar-refractivity contribution in [2.75, 3.05) is 13.7 Å². The molecule has 1 atom stereocenters. The summed E-state index contributed by atoms with van der Waals surface area (Å²) < 4.78 is 10.8. The lowest BCUT2D eigenvalue weighted by Gasteiger charge is -2.09. The van der Waals surface area contributed by atoms with Crippen LogP contribution in [0, 0.1) is 0 Å². The fourth-order valence-corrected chi connectivity index (χ4v) is 1.89. The number of aliphatic hydroxyl groups excluding tert-OH is 1. The van der Waals surface area contributed by atoms with E-state index in [0.29, 0.717) is 0 Å². The quantitative estimate of drug-likeness (QED) is 0.871. The molecular formula is C17H20O3. The van der Waals surface area contributed by atoms with Gasteiger partial charge in [0, 0.05) is 7.11 Å². The molecule has 20 heavy (non-hydrogen) atoms. The molecule has 0 bridgehead atoms. The molecule has 0 aliphatic heterocycles. The number of hydrogen-bond donors (Lipinski definition) is 1. The molecule has 106 valence electrons. The molecule has 0 spiro atoms. The second-order valence-electron chi connectivity index (χ2n) is 4.73. The van der Waals surface area contributed by atoms with Crippen molar-refractivity contribution in [1.29, 1.82) is 0 Å². The van der Waals surface area contributed by atoms with E-state index in [-0.39, 0.29) is 0 Å². The Bertz CT molecular complexity index is 515. The van der Waals surface area contributed by atoms with Crippen LogP contribution >= 0.6 is 0 Å². The molecule has 0 radical (unpaired) electrons. The highest BCUT2D eigenvalue weighted by Crippen LogP contribution is 2.23. The highest BCUT2D eigenvalue weighted by atomic mass is 16.5. The summed E-state index contributed by atoms with van der Waals surface area (Å²) in [6, 6.07) is 15.4. The van der Waals surface area contributed by atoms with Crippen LogP contribution in [-0.2, 0) is 11.2 Å². The van der Waals surface area contributed by atoms with Crippen molar-refractivity contribution in [1.82, 2.24) is 0 Å². The van der Waals surface area contributed by atoms with Crippen LogP contribution in [0.3, 0.4) is 0 Å². The van der Waals surface area contributed by atoms with Crippen molar-refractivity contribution in [3.63, 3.8) is 0 Å². The summed E-state index contributed by atoms with van der Waals surface area (Å²) in [4.78, 5) is 0. The van der Waals surface area contributed by atoms with Gasteiger partial charge in [-0.3, -0.25) is 0 Å². The predicted octanol–water partition coefficient (Wildman–Crippen LogP) is 3.72. The van der Waals surface area contributed by atoms with Crippen molar-refractivity contribution in [2.45, 2.75) is 19.4 Å². The molecule has 0 saturated carbocycles. The van der Waals surface area contributed by atoms with Gasteiger partial charge in [-0.15, -0.1) is 0 Å². The van der Waals surface area contributed by atoms with Crippen LogP contribution in [0.5, 0.6) is 11.5 Å². The van der Waals surface area contributed by atoms with Gasteiger partial charge in [-0.05, 0) is 48.7 Å². The lowest BCUT2D eigenvalue weighted by molar-refractivity contribution is 0.199.